The van der Waals surface area contributed by atoms with Gasteiger partial charge in [-0.1, -0.05) is 0 Å². The van der Waals surface area contributed by atoms with Crippen LogP contribution in [0.25, 0.3) is 0 Å². The molecular formula is C9H12BrN3O5. The molecule has 2 heterocycles. The number of nitrogens with zero attached hydrogens (tertiary/aromatic N) is 2. The molecule has 1 saturated heterocycles. The molecule has 1 aliphatic rings. The Balaban J connectivity index is 2.32. The maximum absolute atomic E-state index is 11.6. The Morgan fingerprint density at radius 1 is 1.67 bits per heavy atom. The fraction of sp³-hybridized carbons (Fsp3) is 0.556. The maximum atomic E-state index is 11.6. The molecule has 0 amide bonds. The third-order valence-corrected chi connectivity index (χ3v) is 3.15. The number of anilines is 1. The minimum absolute atomic E-state index is 0.0794. The number of ether oxygens (including phenoxy) is 1. The van der Waals surface area contributed by atoms with E-state index in [-0.39, 0.29) is 12.4 Å². The van der Waals surface area contributed by atoms with Gasteiger partial charge in [-0.05, 0) is 6.07 Å². The predicted molar refractivity (Wildman–Crippen MR) is 63.7 cm³/mol. The molecule has 1 unspecified atom stereocenters. The third kappa shape index (κ3) is 2.27. The molecule has 1 aromatic heterocycles. The van der Waals surface area contributed by atoms with Crippen LogP contribution < -0.4 is 11.4 Å². The minimum atomic E-state index is -1.12. The first kappa shape index (κ1) is 13.4. The number of aliphatic hydroxyl groups is 2. The number of halogens is 1. The van der Waals surface area contributed by atoms with Crippen molar-refractivity contribution in [2.75, 3.05) is 12.3 Å². The number of aromatic nitrogens is 2. The van der Waals surface area contributed by atoms with E-state index in [4.69, 9.17) is 19.4 Å². The first-order valence-corrected chi connectivity index (χ1v) is 5.79. The molecule has 0 radical (unpaired) electrons. The Morgan fingerprint density at radius 3 is 2.89 bits per heavy atom. The molecule has 4 N–H and O–H groups in total. The Morgan fingerprint density at radius 2 is 2.39 bits per heavy atom. The van der Waals surface area contributed by atoms with E-state index in [1.165, 1.54) is 12.3 Å². The van der Waals surface area contributed by atoms with Crippen molar-refractivity contribution in [2.24, 2.45) is 0 Å². The molecule has 1 aliphatic heterocycles. The summed E-state index contributed by atoms with van der Waals surface area (Å²) in [7, 11) is 0. The van der Waals surface area contributed by atoms with Crippen molar-refractivity contribution in [3.8, 4) is 0 Å². The lowest BCUT2D eigenvalue weighted by Crippen LogP contribution is -2.36. The molecule has 0 saturated carbocycles. The van der Waals surface area contributed by atoms with E-state index in [2.05, 4.69) is 21.2 Å². The van der Waals surface area contributed by atoms with Gasteiger partial charge in [0, 0.05) is 6.20 Å². The van der Waals surface area contributed by atoms with Crippen molar-refractivity contribution in [3.05, 3.63) is 22.7 Å². The summed E-state index contributed by atoms with van der Waals surface area (Å²) < 4.78 is 11.3. The van der Waals surface area contributed by atoms with Crippen LogP contribution in [0.1, 0.15) is 6.23 Å². The molecule has 0 spiro atoms. The van der Waals surface area contributed by atoms with Crippen LogP contribution in [0.4, 0.5) is 5.82 Å². The van der Waals surface area contributed by atoms with Crippen LogP contribution in [0.3, 0.4) is 0 Å². The van der Waals surface area contributed by atoms with Gasteiger partial charge in [0.15, 0.2) is 6.23 Å². The van der Waals surface area contributed by atoms with Crippen LogP contribution in [-0.4, -0.2) is 44.7 Å². The largest absolute Gasteiger partial charge is 0.394 e. The summed E-state index contributed by atoms with van der Waals surface area (Å²) in [6, 6.07) is 1.41. The fourth-order valence-corrected chi connectivity index (χ4v) is 2.29. The molecule has 8 nitrogen and oxygen atoms in total. The van der Waals surface area contributed by atoms with Crippen molar-refractivity contribution in [2.45, 2.75) is 24.5 Å². The number of hydrogen-bond acceptors (Lipinski definition) is 7. The zero-order valence-corrected chi connectivity index (χ0v) is 10.7. The molecule has 1 fully saturated rings. The van der Waals surface area contributed by atoms with Gasteiger partial charge in [-0.3, -0.25) is 8.40 Å². The fourth-order valence-electron chi connectivity index (χ4n) is 1.83. The molecule has 2 rings (SSSR count). The molecule has 100 valence electrons. The zero-order valence-electron chi connectivity index (χ0n) is 9.14. The summed E-state index contributed by atoms with van der Waals surface area (Å²) in [6.07, 6.45) is -2.27. The number of nitrogen functional groups attached to an aromatic ring is 1. The second-order valence-corrected chi connectivity index (χ2v) is 4.21. The smallest absolute Gasteiger partial charge is 0.351 e. The molecule has 9 heteroatoms. The molecule has 0 aromatic carbocycles. The van der Waals surface area contributed by atoms with E-state index in [1.54, 1.807) is 0 Å². The third-order valence-electron chi connectivity index (χ3n) is 2.72. The molecule has 4 atom stereocenters. The van der Waals surface area contributed by atoms with Gasteiger partial charge in [0.2, 0.25) is 0 Å². The van der Waals surface area contributed by atoms with Crippen LogP contribution in [0.5, 0.6) is 0 Å². The molecule has 0 aliphatic carbocycles. The lowest BCUT2D eigenvalue weighted by molar-refractivity contribution is -0.0540. The quantitative estimate of drug-likeness (QED) is 0.637. The molecule has 0 bridgehead atoms. The van der Waals surface area contributed by atoms with Crippen LogP contribution in [0.2, 0.25) is 0 Å². The lowest BCUT2D eigenvalue weighted by Gasteiger charge is -2.17. The Hall–Kier alpha value is -1.00. The summed E-state index contributed by atoms with van der Waals surface area (Å²) in [5.74, 6) is 0.0794. The van der Waals surface area contributed by atoms with Crippen LogP contribution in [0.15, 0.2) is 17.1 Å². The topological polar surface area (TPSA) is 120 Å². The van der Waals surface area contributed by atoms with Gasteiger partial charge in [0.1, 0.15) is 24.1 Å². The van der Waals surface area contributed by atoms with E-state index >= 15 is 0 Å². The zero-order chi connectivity index (χ0) is 13.3. The van der Waals surface area contributed by atoms with Gasteiger partial charge in [-0.2, -0.15) is 4.98 Å². The molecule has 1 aromatic rings. The van der Waals surface area contributed by atoms with E-state index in [0.717, 1.165) is 4.57 Å². The normalized spacial score (nSPS) is 31.7. The summed E-state index contributed by atoms with van der Waals surface area (Å²) in [4.78, 5) is 15.2. The van der Waals surface area contributed by atoms with E-state index in [1.807, 2.05) is 0 Å². The Kier molecular flexibility index (Phi) is 3.97. The van der Waals surface area contributed by atoms with Gasteiger partial charge in [0.25, 0.3) is 0 Å². The van der Waals surface area contributed by atoms with Gasteiger partial charge < -0.3 is 20.7 Å². The van der Waals surface area contributed by atoms with Crippen molar-refractivity contribution in [1.82, 2.24) is 9.55 Å². The average molecular weight is 322 g/mol. The Bertz CT molecular complexity index is 482. The Labute approximate surface area is 110 Å². The van der Waals surface area contributed by atoms with Crippen molar-refractivity contribution >= 4 is 22.1 Å². The highest BCUT2D eigenvalue weighted by Crippen LogP contribution is 2.31. The molecule has 18 heavy (non-hydrogen) atoms. The lowest BCUT2D eigenvalue weighted by atomic mass is 10.1. The number of hydrogen-bond donors (Lipinski definition) is 3. The maximum Gasteiger partial charge on any atom is 0.351 e. The highest BCUT2D eigenvalue weighted by atomic mass is 79.9. The van der Waals surface area contributed by atoms with Gasteiger partial charge in [-0.15, -0.1) is 0 Å². The van der Waals surface area contributed by atoms with Crippen molar-refractivity contribution in [1.29, 1.82) is 0 Å². The summed E-state index contributed by atoms with van der Waals surface area (Å²) in [5, 5.41) is 19.1. The minimum Gasteiger partial charge on any atom is -0.394 e. The SMILES string of the molecule is Nc1ccn(C2O[C@H](CO)[C@@H](OBr)[C@H]2O)c(=O)n1. The van der Waals surface area contributed by atoms with E-state index in [0.29, 0.717) is 0 Å². The van der Waals surface area contributed by atoms with Crippen molar-refractivity contribution in [3.63, 3.8) is 0 Å². The van der Waals surface area contributed by atoms with Crippen molar-refractivity contribution < 1.29 is 18.8 Å². The number of rotatable bonds is 3. The van der Waals surface area contributed by atoms with E-state index < -0.39 is 30.2 Å². The number of nitrogens with two attached hydrogens (primary N) is 1. The highest BCUT2D eigenvalue weighted by molar-refractivity contribution is 9.06. The standard InChI is InChI=1S/C9H12BrN3O5/c10-18-7-4(3-14)17-8(6(7)15)13-2-1-5(11)12-9(13)16/h1-2,4,6-8,14-15H,3H2,(H2,11,12,16)/t4-,6-,7-,8?/m1/s1. The second-order valence-electron chi connectivity index (χ2n) is 3.83. The van der Waals surface area contributed by atoms with Crippen LogP contribution >= 0.6 is 16.3 Å². The first-order chi connectivity index (χ1) is 8.58. The summed E-state index contributed by atoms with van der Waals surface area (Å²) in [6.45, 7) is -0.346. The van der Waals surface area contributed by atoms with Gasteiger partial charge >= 0.3 is 5.69 Å². The molecular weight excluding hydrogens is 310 g/mol. The summed E-state index contributed by atoms with van der Waals surface area (Å²) >= 11 is 2.75. The monoisotopic (exact) mass is 321 g/mol. The highest BCUT2D eigenvalue weighted by Gasteiger charge is 2.45. The first-order valence-electron chi connectivity index (χ1n) is 5.15. The van der Waals surface area contributed by atoms with Gasteiger partial charge in [-0.25, -0.2) is 4.79 Å². The summed E-state index contributed by atoms with van der Waals surface area (Å²) in [5.41, 5.74) is 4.72. The second kappa shape index (κ2) is 5.33. The van der Waals surface area contributed by atoms with Crippen LogP contribution in [0, 0.1) is 0 Å². The average Bonchev–Trinajstić information content (AvgIpc) is 2.66. The van der Waals surface area contributed by atoms with Crippen LogP contribution in [-0.2, 0) is 8.57 Å². The predicted octanol–water partition coefficient (Wildman–Crippen LogP) is -1.23. The number of aliphatic hydroxyl groups excluding tert-OH is 2. The van der Waals surface area contributed by atoms with E-state index in [9.17, 15) is 9.90 Å². The van der Waals surface area contributed by atoms with Gasteiger partial charge in [0.05, 0.1) is 22.9 Å².